The van der Waals surface area contributed by atoms with Crippen molar-refractivity contribution in [2.24, 2.45) is 0 Å². The average molecular weight is 375 g/mol. The summed E-state index contributed by atoms with van der Waals surface area (Å²) >= 11 is 3.62. The zero-order valence-corrected chi connectivity index (χ0v) is 15.7. The zero-order chi connectivity index (χ0) is 16.5. The zero-order valence-electron chi connectivity index (χ0n) is 14.1. The number of ether oxygens (including phenoxy) is 4. The van der Waals surface area contributed by atoms with E-state index in [0.717, 1.165) is 10.0 Å². The number of rotatable bonds is 10. The van der Waals surface area contributed by atoms with E-state index in [1.165, 1.54) is 11.1 Å². The summed E-state index contributed by atoms with van der Waals surface area (Å²) in [6.45, 7) is 8.44. The maximum Gasteiger partial charge on any atom is 0.0784 e. The first kappa shape index (κ1) is 19.6. The van der Waals surface area contributed by atoms with Crippen LogP contribution in [0, 0.1) is 6.92 Å². The lowest BCUT2D eigenvalue weighted by molar-refractivity contribution is -0.00146. The Morgan fingerprint density at radius 3 is 1.91 bits per heavy atom. The fourth-order valence-electron chi connectivity index (χ4n) is 2.08. The molecule has 2 unspecified atom stereocenters. The maximum atomic E-state index is 5.78. The number of benzene rings is 1. The lowest BCUT2D eigenvalue weighted by Gasteiger charge is -2.16. The van der Waals surface area contributed by atoms with Crippen LogP contribution in [0.15, 0.2) is 16.6 Å². The topological polar surface area (TPSA) is 36.9 Å². The van der Waals surface area contributed by atoms with Crippen molar-refractivity contribution in [3.05, 3.63) is 33.3 Å². The Kier molecular flexibility index (Phi) is 9.21. The second-order valence-electron chi connectivity index (χ2n) is 5.52. The van der Waals surface area contributed by atoms with E-state index in [9.17, 15) is 0 Å². The maximum absolute atomic E-state index is 5.78. The average Bonchev–Trinajstić information content (AvgIpc) is 2.47. The van der Waals surface area contributed by atoms with E-state index in [4.69, 9.17) is 18.9 Å². The van der Waals surface area contributed by atoms with Crippen molar-refractivity contribution < 1.29 is 18.9 Å². The van der Waals surface area contributed by atoms with Gasteiger partial charge in [0.15, 0.2) is 0 Å². The van der Waals surface area contributed by atoms with Crippen molar-refractivity contribution in [2.45, 2.75) is 46.2 Å². The van der Waals surface area contributed by atoms with Gasteiger partial charge >= 0.3 is 0 Å². The Balaban J connectivity index is 2.63. The summed E-state index contributed by atoms with van der Waals surface area (Å²) in [4.78, 5) is 0. The highest BCUT2D eigenvalue weighted by Gasteiger charge is 2.10. The normalized spacial score (nSPS) is 14.1. The van der Waals surface area contributed by atoms with Gasteiger partial charge in [0.2, 0.25) is 0 Å². The molecule has 0 heterocycles. The summed E-state index contributed by atoms with van der Waals surface area (Å²) in [6.07, 6.45) is 0.163. The minimum Gasteiger partial charge on any atom is -0.382 e. The SMILES string of the molecule is COCC(C)OCc1cc(Br)c(COC(C)COC)cc1C. The fraction of sp³-hybridized carbons (Fsp3) is 0.647. The third kappa shape index (κ3) is 6.75. The van der Waals surface area contributed by atoms with E-state index in [1.54, 1.807) is 14.2 Å². The molecule has 5 heteroatoms. The van der Waals surface area contributed by atoms with Gasteiger partial charge in [0.05, 0.1) is 38.6 Å². The van der Waals surface area contributed by atoms with Gasteiger partial charge in [-0.05, 0) is 43.5 Å². The third-order valence-corrected chi connectivity index (χ3v) is 4.09. The van der Waals surface area contributed by atoms with Crippen LogP contribution in [0.1, 0.15) is 30.5 Å². The van der Waals surface area contributed by atoms with Crippen LogP contribution >= 0.6 is 15.9 Å². The molecule has 0 saturated heterocycles. The van der Waals surface area contributed by atoms with Gasteiger partial charge in [-0.1, -0.05) is 22.0 Å². The van der Waals surface area contributed by atoms with Crippen LogP contribution in [0.4, 0.5) is 0 Å². The van der Waals surface area contributed by atoms with Crippen molar-refractivity contribution in [3.63, 3.8) is 0 Å². The van der Waals surface area contributed by atoms with Gasteiger partial charge < -0.3 is 18.9 Å². The molecule has 0 spiro atoms. The van der Waals surface area contributed by atoms with Crippen LogP contribution in [0.5, 0.6) is 0 Å². The van der Waals surface area contributed by atoms with E-state index in [-0.39, 0.29) is 12.2 Å². The molecule has 1 rings (SSSR count). The quantitative estimate of drug-likeness (QED) is 0.622. The smallest absolute Gasteiger partial charge is 0.0784 e. The second-order valence-corrected chi connectivity index (χ2v) is 6.38. The van der Waals surface area contributed by atoms with Crippen LogP contribution < -0.4 is 0 Å². The Labute approximate surface area is 142 Å². The van der Waals surface area contributed by atoms with Gasteiger partial charge in [-0.25, -0.2) is 0 Å². The van der Waals surface area contributed by atoms with Crippen LogP contribution in [-0.2, 0) is 32.2 Å². The molecular weight excluding hydrogens is 348 g/mol. The molecule has 4 nitrogen and oxygen atoms in total. The molecule has 126 valence electrons. The molecule has 0 amide bonds. The molecule has 0 aliphatic heterocycles. The number of halogens is 1. The number of aryl methyl sites for hydroxylation is 1. The van der Waals surface area contributed by atoms with E-state index in [2.05, 4.69) is 35.0 Å². The number of hydrogen-bond donors (Lipinski definition) is 0. The summed E-state index contributed by atoms with van der Waals surface area (Å²) in [5, 5.41) is 0. The van der Waals surface area contributed by atoms with Crippen molar-refractivity contribution in [2.75, 3.05) is 27.4 Å². The van der Waals surface area contributed by atoms with Crippen LogP contribution in [0.25, 0.3) is 0 Å². The largest absolute Gasteiger partial charge is 0.382 e. The summed E-state index contributed by atoms with van der Waals surface area (Å²) in [5.41, 5.74) is 3.50. The predicted molar refractivity (Wildman–Crippen MR) is 91.1 cm³/mol. The fourth-order valence-corrected chi connectivity index (χ4v) is 2.58. The molecule has 0 saturated carbocycles. The van der Waals surface area contributed by atoms with Gasteiger partial charge in [0.1, 0.15) is 0 Å². The Morgan fingerprint density at radius 1 is 0.909 bits per heavy atom. The lowest BCUT2D eigenvalue weighted by atomic mass is 10.1. The van der Waals surface area contributed by atoms with Gasteiger partial charge in [-0.2, -0.15) is 0 Å². The van der Waals surface area contributed by atoms with E-state index in [1.807, 2.05) is 13.8 Å². The van der Waals surface area contributed by atoms with E-state index < -0.39 is 0 Å². The second kappa shape index (κ2) is 10.3. The standard InChI is InChI=1S/C17H27BrO4/c1-12-6-16(11-22-14(3)9-20-5)17(18)7-15(12)10-21-13(2)8-19-4/h6-7,13-14H,8-11H2,1-5H3. The highest BCUT2D eigenvalue weighted by molar-refractivity contribution is 9.10. The van der Waals surface area contributed by atoms with Crippen LogP contribution in [0.2, 0.25) is 0 Å². The van der Waals surface area contributed by atoms with Crippen molar-refractivity contribution in [1.82, 2.24) is 0 Å². The molecule has 1 aromatic carbocycles. The summed E-state index contributed by atoms with van der Waals surface area (Å²) < 4.78 is 22.7. The molecular formula is C17H27BrO4. The molecule has 0 bridgehead atoms. The van der Waals surface area contributed by atoms with Gasteiger partial charge in [0.25, 0.3) is 0 Å². The first-order chi connectivity index (χ1) is 10.5. The summed E-state index contributed by atoms with van der Waals surface area (Å²) in [5.74, 6) is 0. The van der Waals surface area contributed by atoms with Crippen molar-refractivity contribution in [3.8, 4) is 0 Å². The highest BCUT2D eigenvalue weighted by atomic mass is 79.9. The Morgan fingerprint density at radius 2 is 1.41 bits per heavy atom. The molecule has 0 fully saturated rings. The number of hydrogen-bond acceptors (Lipinski definition) is 4. The minimum atomic E-state index is 0.0788. The Hall–Kier alpha value is -0.460. The van der Waals surface area contributed by atoms with Crippen molar-refractivity contribution >= 4 is 15.9 Å². The van der Waals surface area contributed by atoms with Gasteiger partial charge in [-0.15, -0.1) is 0 Å². The summed E-state index contributed by atoms with van der Waals surface area (Å²) in [7, 11) is 3.36. The third-order valence-electron chi connectivity index (χ3n) is 3.35. The van der Waals surface area contributed by atoms with Crippen molar-refractivity contribution in [1.29, 1.82) is 0 Å². The predicted octanol–water partition coefficient (Wildman–Crippen LogP) is 3.86. The molecule has 0 radical (unpaired) electrons. The molecule has 0 N–H and O–H groups in total. The van der Waals surface area contributed by atoms with Gasteiger partial charge in [0, 0.05) is 18.7 Å². The molecule has 22 heavy (non-hydrogen) atoms. The molecule has 0 aliphatic rings. The molecule has 1 aromatic rings. The molecule has 0 aromatic heterocycles. The van der Waals surface area contributed by atoms with E-state index in [0.29, 0.717) is 26.4 Å². The first-order valence-corrected chi connectivity index (χ1v) is 8.26. The summed E-state index contributed by atoms with van der Waals surface area (Å²) in [6, 6.07) is 4.25. The van der Waals surface area contributed by atoms with Gasteiger partial charge in [-0.3, -0.25) is 0 Å². The highest BCUT2D eigenvalue weighted by Crippen LogP contribution is 2.24. The number of methoxy groups -OCH3 is 2. The lowest BCUT2D eigenvalue weighted by Crippen LogP contribution is -2.15. The minimum absolute atomic E-state index is 0.0788. The Bertz CT molecular complexity index is 409. The van der Waals surface area contributed by atoms with Crippen LogP contribution in [0.3, 0.4) is 0 Å². The van der Waals surface area contributed by atoms with Crippen LogP contribution in [-0.4, -0.2) is 39.6 Å². The first-order valence-electron chi connectivity index (χ1n) is 7.46. The van der Waals surface area contributed by atoms with E-state index >= 15 is 0 Å². The molecule has 2 atom stereocenters. The monoisotopic (exact) mass is 374 g/mol. The molecule has 0 aliphatic carbocycles.